The molecule has 0 aliphatic carbocycles. The highest BCUT2D eigenvalue weighted by atomic mass is 16.5. The first-order valence-electron chi connectivity index (χ1n) is 16.4. The zero-order chi connectivity index (χ0) is 34.1. The number of fused-ring (bicyclic) bond motifs is 1. The molecule has 2 aliphatic rings. The van der Waals surface area contributed by atoms with Gasteiger partial charge in [0.25, 0.3) is 5.91 Å². The van der Waals surface area contributed by atoms with E-state index in [0.29, 0.717) is 25.8 Å². The first kappa shape index (κ1) is 36.5. The molecule has 2 N–H and O–H groups in total. The van der Waals surface area contributed by atoms with E-state index in [4.69, 9.17) is 4.74 Å². The smallest absolute Gasteiger partial charge is 0.308 e. The second-order valence-corrected chi connectivity index (χ2v) is 13.1. The average molecular weight is 642 g/mol. The van der Waals surface area contributed by atoms with Gasteiger partial charge in [0.2, 0.25) is 23.6 Å². The van der Waals surface area contributed by atoms with Crippen LogP contribution in [0.3, 0.4) is 0 Å². The molecule has 5 amide bonds. The van der Waals surface area contributed by atoms with Crippen LogP contribution in [-0.4, -0.2) is 108 Å². The van der Waals surface area contributed by atoms with Gasteiger partial charge in [0.1, 0.15) is 24.2 Å². The Morgan fingerprint density at radius 1 is 0.891 bits per heavy atom. The molecule has 2 saturated heterocycles. The van der Waals surface area contributed by atoms with Gasteiger partial charge in [-0.05, 0) is 43.1 Å². The van der Waals surface area contributed by atoms with E-state index in [0.717, 1.165) is 5.56 Å². The van der Waals surface area contributed by atoms with E-state index in [1.165, 1.54) is 28.8 Å². The third kappa shape index (κ3) is 9.07. The first-order chi connectivity index (χ1) is 21.8. The molecule has 2 aliphatic heterocycles. The summed E-state index contributed by atoms with van der Waals surface area (Å²) in [4.78, 5) is 86.0. The summed E-state index contributed by atoms with van der Waals surface area (Å²) >= 11 is 0. The maximum absolute atomic E-state index is 14.2. The summed E-state index contributed by atoms with van der Waals surface area (Å²) < 4.78 is 5.64. The van der Waals surface area contributed by atoms with Crippen molar-refractivity contribution in [3.05, 3.63) is 35.9 Å². The molecule has 254 valence electrons. The molecular formula is C34H51N5O7. The Labute approximate surface area is 272 Å². The molecule has 0 spiro atoms. The van der Waals surface area contributed by atoms with Gasteiger partial charge in [-0.3, -0.25) is 28.8 Å². The zero-order valence-electron chi connectivity index (χ0n) is 28.3. The molecule has 0 bridgehead atoms. The van der Waals surface area contributed by atoms with Crippen molar-refractivity contribution in [1.29, 1.82) is 0 Å². The van der Waals surface area contributed by atoms with Gasteiger partial charge in [0.05, 0.1) is 6.42 Å². The van der Waals surface area contributed by atoms with Crippen LogP contribution < -0.4 is 10.6 Å². The second-order valence-electron chi connectivity index (χ2n) is 13.1. The lowest BCUT2D eigenvalue weighted by molar-refractivity contribution is -0.162. The second kappa shape index (κ2) is 16.6. The van der Waals surface area contributed by atoms with Crippen molar-refractivity contribution in [3.63, 3.8) is 0 Å². The average Bonchev–Trinajstić information content (AvgIpc) is 3.50. The minimum Gasteiger partial charge on any atom is -0.452 e. The molecule has 2 heterocycles. The van der Waals surface area contributed by atoms with Gasteiger partial charge < -0.3 is 30.1 Å². The maximum atomic E-state index is 14.2. The Kier molecular flexibility index (Phi) is 13.1. The van der Waals surface area contributed by atoms with Gasteiger partial charge in [-0.15, -0.1) is 0 Å². The highest BCUT2D eigenvalue weighted by Crippen LogP contribution is 2.23. The number of amides is 5. The number of hydrogen-bond donors (Lipinski definition) is 2. The van der Waals surface area contributed by atoms with Crippen LogP contribution in [-0.2, 0) is 39.9 Å². The van der Waals surface area contributed by atoms with Crippen molar-refractivity contribution in [1.82, 2.24) is 25.3 Å². The van der Waals surface area contributed by atoms with Gasteiger partial charge in [0.15, 0.2) is 6.10 Å². The molecule has 3 unspecified atom stereocenters. The molecule has 0 aromatic heterocycles. The van der Waals surface area contributed by atoms with Crippen molar-refractivity contribution in [2.45, 2.75) is 103 Å². The number of cyclic esters (lactones) is 1. The Morgan fingerprint density at radius 3 is 2.17 bits per heavy atom. The molecule has 2 fully saturated rings. The summed E-state index contributed by atoms with van der Waals surface area (Å²) in [5.74, 6) is -3.20. The number of rotatable bonds is 6. The van der Waals surface area contributed by atoms with Gasteiger partial charge in [0, 0.05) is 33.6 Å². The van der Waals surface area contributed by atoms with Crippen LogP contribution >= 0.6 is 0 Å². The molecule has 1 aromatic carbocycles. The number of nitrogens with zero attached hydrogens (tertiary/aromatic N) is 3. The number of nitrogens with one attached hydrogen (secondary N) is 2. The van der Waals surface area contributed by atoms with Crippen molar-refractivity contribution >= 4 is 35.5 Å². The summed E-state index contributed by atoms with van der Waals surface area (Å²) in [6.45, 7) is 9.51. The van der Waals surface area contributed by atoms with Crippen molar-refractivity contribution in [3.8, 4) is 0 Å². The van der Waals surface area contributed by atoms with Crippen LogP contribution in [0.15, 0.2) is 30.3 Å². The van der Waals surface area contributed by atoms with Gasteiger partial charge in [-0.2, -0.15) is 0 Å². The number of benzene rings is 1. The lowest BCUT2D eigenvalue weighted by Crippen LogP contribution is -2.60. The minimum absolute atomic E-state index is 0.0219. The summed E-state index contributed by atoms with van der Waals surface area (Å²) in [5.41, 5.74) is 0.809. The van der Waals surface area contributed by atoms with Crippen LogP contribution in [0.25, 0.3) is 0 Å². The van der Waals surface area contributed by atoms with Gasteiger partial charge in [-0.1, -0.05) is 65.0 Å². The molecule has 12 heteroatoms. The molecule has 12 nitrogen and oxygen atoms in total. The summed E-state index contributed by atoms with van der Waals surface area (Å²) in [6.07, 6.45) is 0.441. The van der Waals surface area contributed by atoms with E-state index < -0.39 is 65.8 Å². The van der Waals surface area contributed by atoms with Crippen LogP contribution in [0, 0.1) is 11.8 Å². The lowest BCUT2D eigenvalue weighted by Gasteiger charge is -2.37. The molecular weight excluding hydrogens is 590 g/mol. The van der Waals surface area contributed by atoms with Crippen molar-refractivity contribution in [2.75, 3.05) is 27.2 Å². The topological polar surface area (TPSA) is 145 Å². The van der Waals surface area contributed by atoms with Crippen molar-refractivity contribution < 1.29 is 33.5 Å². The Hall–Kier alpha value is -3.96. The van der Waals surface area contributed by atoms with Gasteiger partial charge >= 0.3 is 5.97 Å². The highest BCUT2D eigenvalue weighted by molar-refractivity contribution is 5.96. The van der Waals surface area contributed by atoms with E-state index in [1.54, 1.807) is 6.92 Å². The molecule has 0 radical (unpaired) electrons. The molecule has 0 saturated carbocycles. The van der Waals surface area contributed by atoms with Crippen LogP contribution in [0.5, 0.6) is 0 Å². The summed E-state index contributed by atoms with van der Waals surface area (Å²) in [6, 6.07) is 5.59. The molecule has 5 atom stereocenters. The normalized spacial score (nSPS) is 26.4. The molecule has 3 rings (SSSR count). The quantitative estimate of drug-likeness (QED) is 0.452. The Balaban J connectivity index is 2.05. The fraction of sp³-hybridized carbons (Fsp3) is 0.647. The SMILES string of the molecule is CCC1C(=O)NCCC(=O)OC(CC(C)C)C(=O)N2CCC[C@H]2C(=O)N[C@@H](Cc2ccccc2)C(=O)N(C)C(C(C)C)C(=O)N1C. The Bertz CT molecular complexity index is 1250. The zero-order valence-corrected chi connectivity index (χ0v) is 28.3. The summed E-state index contributed by atoms with van der Waals surface area (Å²) in [5, 5.41) is 5.63. The van der Waals surface area contributed by atoms with E-state index in [9.17, 15) is 28.8 Å². The number of carbonyl (C=O) groups excluding carboxylic acids is 6. The fourth-order valence-corrected chi connectivity index (χ4v) is 6.33. The van der Waals surface area contributed by atoms with E-state index >= 15 is 0 Å². The van der Waals surface area contributed by atoms with Crippen LogP contribution in [0.1, 0.15) is 72.3 Å². The number of esters is 1. The predicted molar refractivity (Wildman–Crippen MR) is 172 cm³/mol. The van der Waals surface area contributed by atoms with Crippen molar-refractivity contribution in [2.24, 2.45) is 11.8 Å². The maximum Gasteiger partial charge on any atom is 0.308 e. The largest absolute Gasteiger partial charge is 0.452 e. The number of ether oxygens (including phenoxy) is 1. The van der Waals surface area contributed by atoms with E-state index in [1.807, 2.05) is 58.0 Å². The Morgan fingerprint density at radius 2 is 1.57 bits per heavy atom. The number of carbonyl (C=O) groups is 6. The van der Waals surface area contributed by atoms with Crippen LogP contribution in [0.4, 0.5) is 0 Å². The minimum atomic E-state index is -1.09. The molecule has 1 aromatic rings. The highest BCUT2D eigenvalue weighted by Gasteiger charge is 2.42. The number of hydrogen-bond acceptors (Lipinski definition) is 7. The monoisotopic (exact) mass is 641 g/mol. The standard InChI is InChI=1S/C34H51N5O7/c1-8-25-30(41)35-17-16-28(40)46-27(19-21(2)3)33(44)39-18-12-15-26(39)31(42)36-24(20-23-13-10-9-11-14-23)32(43)38(7)29(22(4)5)34(45)37(25)6/h9-11,13-14,21-22,24-27,29H,8,12,15-20H2,1-7H3,(H,35,41)(H,36,42)/t24-,25?,26-,27?,29?/m0/s1. The lowest BCUT2D eigenvalue weighted by atomic mass is 9.97. The third-order valence-corrected chi connectivity index (χ3v) is 8.75. The molecule has 46 heavy (non-hydrogen) atoms. The number of likely N-dealkylation sites (N-methyl/N-ethyl adjacent to an activating group) is 2. The predicted octanol–water partition coefficient (Wildman–Crippen LogP) is 1.90. The third-order valence-electron chi connectivity index (χ3n) is 8.75. The summed E-state index contributed by atoms with van der Waals surface area (Å²) in [7, 11) is 3.07. The van der Waals surface area contributed by atoms with E-state index in [-0.39, 0.29) is 37.6 Å². The first-order valence-corrected chi connectivity index (χ1v) is 16.4. The fourth-order valence-electron chi connectivity index (χ4n) is 6.33. The van der Waals surface area contributed by atoms with E-state index in [2.05, 4.69) is 10.6 Å². The van der Waals surface area contributed by atoms with Gasteiger partial charge in [-0.25, -0.2) is 0 Å². The van der Waals surface area contributed by atoms with Crippen LogP contribution in [0.2, 0.25) is 0 Å².